The number of hydrogen-bond acceptors (Lipinski definition) is 3. The molecule has 0 atom stereocenters. The minimum absolute atomic E-state index is 0.0116. The third-order valence-electron chi connectivity index (χ3n) is 3.17. The Morgan fingerprint density at radius 3 is 2.50 bits per heavy atom. The number of urea groups is 1. The van der Waals surface area contributed by atoms with Crippen LogP contribution in [0.4, 0.5) is 4.79 Å². The molecule has 1 rings (SSSR count). The van der Waals surface area contributed by atoms with Crippen LogP contribution in [0.15, 0.2) is 17.2 Å². The van der Waals surface area contributed by atoms with Gasteiger partial charge in [0.05, 0.1) is 0 Å². The van der Waals surface area contributed by atoms with Crippen molar-refractivity contribution in [2.75, 3.05) is 6.54 Å². The zero-order chi connectivity index (χ0) is 16.4. The van der Waals surface area contributed by atoms with Crippen LogP contribution in [0, 0.1) is 0 Å². The lowest BCUT2D eigenvalue weighted by atomic mass is 10.1. The number of aromatic nitrogens is 1. The Kier molecular flexibility index (Phi) is 7.74. The molecule has 0 saturated carbocycles. The summed E-state index contributed by atoms with van der Waals surface area (Å²) in [4.78, 5) is 38.3. The Balaban J connectivity index is 2.58. The smallest absolute Gasteiger partial charge is 0.333 e. The van der Waals surface area contributed by atoms with Crippen LogP contribution in [-0.2, 0) is 6.42 Å². The van der Waals surface area contributed by atoms with E-state index in [4.69, 9.17) is 0 Å². The molecule has 1 aromatic heterocycles. The number of rotatable bonds is 7. The van der Waals surface area contributed by atoms with Crippen molar-refractivity contribution in [1.29, 1.82) is 0 Å². The molecule has 22 heavy (non-hydrogen) atoms. The summed E-state index contributed by atoms with van der Waals surface area (Å²) in [6.45, 7) is 4.58. The first kappa shape index (κ1) is 17.7. The molecule has 1 heterocycles. The van der Waals surface area contributed by atoms with Crippen LogP contribution in [0.5, 0.6) is 0 Å². The molecular formula is C15H24N4O3. The van der Waals surface area contributed by atoms with E-state index in [0.717, 1.165) is 25.7 Å². The van der Waals surface area contributed by atoms with Crippen molar-refractivity contribution in [2.45, 2.75) is 46.0 Å². The zero-order valence-corrected chi connectivity index (χ0v) is 13.1. The molecule has 0 aliphatic rings. The number of carbonyl (C=O) groups excluding carboxylic acids is 2. The van der Waals surface area contributed by atoms with Gasteiger partial charge in [-0.25, -0.2) is 10.2 Å². The number of carbonyl (C=O) groups is 2. The van der Waals surface area contributed by atoms with Gasteiger partial charge in [0, 0.05) is 24.5 Å². The molecule has 1 aromatic rings. The van der Waals surface area contributed by atoms with E-state index in [1.807, 2.05) is 13.8 Å². The zero-order valence-electron chi connectivity index (χ0n) is 13.1. The highest BCUT2D eigenvalue weighted by Gasteiger charge is 2.13. The van der Waals surface area contributed by atoms with Gasteiger partial charge in [0.2, 0.25) is 0 Å². The topological polar surface area (TPSA) is 103 Å². The summed E-state index contributed by atoms with van der Waals surface area (Å²) in [5.74, 6) is -0.634. The van der Waals surface area contributed by atoms with E-state index in [0.29, 0.717) is 18.5 Å². The van der Waals surface area contributed by atoms with E-state index in [1.54, 1.807) is 6.20 Å². The maximum Gasteiger partial charge on any atom is 0.333 e. The quantitative estimate of drug-likeness (QED) is 0.453. The SMILES string of the molecule is CCCCNC(=O)NNC(=O)c1c[nH]cc(CCCC)c1=O. The highest BCUT2D eigenvalue weighted by Crippen LogP contribution is 2.00. The number of nitrogens with one attached hydrogen (secondary N) is 4. The fraction of sp³-hybridized carbons (Fsp3) is 0.533. The number of aromatic amines is 1. The van der Waals surface area contributed by atoms with Gasteiger partial charge in [-0.15, -0.1) is 0 Å². The average molecular weight is 308 g/mol. The number of pyridine rings is 1. The number of hydrazine groups is 1. The number of unbranched alkanes of at least 4 members (excludes halogenated alkanes) is 2. The number of aryl methyl sites for hydroxylation is 1. The van der Waals surface area contributed by atoms with E-state index in [-0.39, 0.29) is 11.0 Å². The van der Waals surface area contributed by atoms with Crippen LogP contribution in [-0.4, -0.2) is 23.5 Å². The lowest BCUT2D eigenvalue weighted by Gasteiger charge is -2.09. The van der Waals surface area contributed by atoms with Crippen molar-refractivity contribution in [3.63, 3.8) is 0 Å². The summed E-state index contributed by atoms with van der Waals surface area (Å²) in [5.41, 5.74) is 4.71. The summed E-state index contributed by atoms with van der Waals surface area (Å²) in [6, 6.07) is -0.500. The lowest BCUT2D eigenvalue weighted by Crippen LogP contribution is -2.48. The molecule has 0 unspecified atom stereocenters. The Morgan fingerprint density at radius 2 is 1.82 bits per heavy atom. The number of H-pyrrole nitrogens is 1. The second kappa shape index (κ2) is 9.59. The molecule has 3 amide bonds. The van der Waals surface area contributed by atoms with Crippen molar-refractivity contribution >= 4 is 11.9 Å². The monoisotopic (exact) mass is 308 g/mol. The van der Waals surface area contributed by atoms with E-state index in [9.17, 15) is 14.4 Å². The van der Waals surface area contributed by atoms with Crippen LogP contribution in [0.2, 0.25) is 0 Å². The van der Waals surface area contributed by atoms with Crippen LogP contribution >= 0.6 is 0 Å². The van der Waals surface area contributed by atoms with Gasteiger partial charge in [0.1, 0.15) is 5.56 Å². The second-order valence-electron chi connectivity index (χ2n) is 5.02. The van der Waals surface area contributed by atoms with Gasteiger partial charge in [-0.05, 0) is 19.3 Å². The van der Waals surface area contributed by atoms with Crippen molar-refractivity contribution in [2.24, 2.45) is 0 Å². The van der Waals surface area contributed by atoms with Gasteiger partial charge in [0.25, 0.3) is 5.91 Å². The van der Waals surface area contributed by atoms with Gasteiger partial charge in [-0.3, -0.25) is 15.0 Å². The van der Waals surface area contributed by atoms with Crippen LogP contribution in [0.1, 0.15) is 55.5 Å². The van der Waals surface area contributed by atoms with Crippen molar-refractivity contribution in [3.8, 4) is 0 Å². The number of hydrogen-bond donors (Lipinski definition) is 4. The first-order valence-electron chi connectivity index (χ1n) is 7.64. The molecule has 7 heteroatoms. The van der Waals surface area contributed by atoms with Gasteiger partial charge in [-0.1, -0.05) is 26.7 Å². The first-order valence-corrected chi connectivity index (χ1v) is 7.64. The molecule has 122 valence electrons. The number of amides is 3. The Morgan fingerprint density at radius 1 is 1.09 bits per heavy atom. The van der Waals surface area contributed by atoms with Crippen molar-refractivity contribution < 1.29 is 9.59 Å². The summed E-state index contributed by atoms with van der Waals surface area (Å²) < 4.78 is 0. The van der Waals surface area contributed by atoms with E-state index < -0.39 is 11.9 Å². The van der Waals surface area contributed by atoms with Crippen molar-refractivity contribution in [3.05, 3.63) is 33.7 Å². The maximum absolute atomic E-state index is 12.2. The maximum atomic E-state index is 12.2. The van der Waals surface area contributed by atoms with E-state index in [1.165, 1.54) is 6.20 Å². The average Bonchev–Trinajstić information content (AvgIpc) is 2.52. The van der Waals surface area contributed by atoms with E-state index in [2.05, 4.69) is 21.2 Å². The molecule has 4 N–H and O–H groups in total. The van der Waals surface area contributed by atoms with Crippen LogP contribution in [0.25, 0.3) is 0 Å². The molecule has 0 aliphatic heterocycles. The Bertz CT molecular complexity index is 554. The van der Waals surface area contributed by atoms with E-state index >= 15 is 0 Å². The Labute approximate surface area is 129 Å². The standard InChI is InChI=1S/C15H24N4O3/c1-3-5-7-11-9-16-10-12(13(11)20)14(21)18-19-15(22)17-8-6-4-2/h9-10H,3-8H2,1-2H3,(H,16,20)(H,18,21)(H2,17,19,22). The van der Waals surface area contributed by atoms with Crippen LogP contribution in [0.3, 0.4) is 0 Å². The molecular weight excluding hydrogens is 284 g/mol. The lowest BCUT2D eigenvalue weighted by molar-refractivity contribution is 0.0934. The molecule has 0 fully saturated rings. The molecule has 7 nitrogen and oxygen atoms in total. The van der Waals surface area contributed by atoms with Gasteiger partial charge >= 0.3 is 6.03 Å². The predicted molar refractivity (Wildman–Crippen MR) is 84.6 cm³/mol. The minimum atomic E-state index is -0.634. The summed E-state index contributed by atoms with van der Waals surface area (Å²) in [5, 5.41) is 2.59. The van der Waals surface area contributed by atoms with Gasteiger partial charge in [0.15, 0.2) is 5.43 Å². The predicted octanol–water partition coefficient (Wildman–Crippen LogP) is 1.46. The fourth-order valence-electron chi connectivity index (χ4n) is 1.86. The molecule has 0 saturated heterocycles. The fourth-order valence-corrected chi connectivity index (χ4v) is 1.86. The minimum Gasteiger partial charge on any atom is -0.366 e. The third-order valence-corrected chi connectivity index (χ3v) is 3.17. The van der Waals surface area contributed by atoms with Gasteiger partial charge in [-0.2, -0.15) is 0 Å². The molecule has 0 aliphatic carbocycles. The third kappa shape index (κ3) is 5.59. The summed E-state index contributed by atoms with van der Waals surface area (Å²) >= 11 is 0. The van der Waals surface area contributed by atoms with Gasteiger partial charge < -0.3 is 10.3 Å². The molecule has 0 aromatic carbocycles. The molecule has 0 spiro atoms. The largest absolute Gasteiger partial charge is 0.366 e. The van der Waals surface area contributed by atoms with Crippen molar-refractivity contribution in [1.82, 2.24) is 21.2 Å². The Hall–Kier alpha value is -2.31. The highest BCUT2D eigenvalue weighted by molar-refractivity contribution is 5.95. The van der Waals surface area contributed by atoms with Crippen LogP contribution < -0.4 is 21.6 Å². The first-order chi connectivity index (χ1) is 10.6. The second-order valence-corrected chi connectivity index (χ2v) is 5.02. The molecule has 0 bridgehead atoms. The normalized spacial score (nSPS) is 10.1. The summed E-state index contributed by atoms with van der Waals surface area (Å²) in [6.07, 6.45) is 7.25. The molecule has 0 radical (unpaired) electrons. The highest BCUT2D eigenvalue weighted by atomic mass is 16.2. The summed E-state index contributed by atoms with van der Waals surface area (Å²) in [7, 11) is 0.